The molecule has 0 bridgehead atoms. The van der Waals surface area contributed by atoms with Gasteiger partial charge in [-0.25, -0.2) is 4.79 Å². The predicted octanol–water partition coefficient (Wildman–Crippen LogP) is 1.50. The van der Waals surface area contributed by atoms with Crippen molar-refractivity contribution >= 4 is 28.7 Å². The summed E-state index contributed by atoms with van der Waals surface area (Å²) in [5, 5.41) is 3.69. The first-order valence-corrected chi connectivity index (χ1v) is 7.28. The Morgan fingerprint density at radius 1 is 1.27 bits per heavy atom. The molecule has 6 heteroatoms. The molecule has 112 valence electrons. The normalized spacial score (nSPS) is 23.7. The van der Waals surface area contributed by atoms with E-state index in [-0.39, 0.29) is 24.3 Å². The van der Waals surface area contributed by atoms with Crippen molar-refractivity contribution in [2.24, 2.45) is 0 Å². The van der Waals surface area contributed by atoms with Gasteiger partial charge < -0.3 is 5.32 Å². The molecule has 4 rings (SSSR count). The van der Waals surface area contributed by atoms with Crippen LogP contribution in [0.3, 0.4) is 0 Å². The van der Waals surface area contributed by atoms with Crippen molar-refractivity contribution in [2.45, 2.75) is 25.8 Å². The molecule has 3 amide bonds. The van der Waals surface area contributed by atoms with Gasteiger partial charge in [-0.1, -0.05) is 18.2 Å². The predicted molar refractivity (Wildman–Crippen MR) is 79.3 cm³/mol. The lowest BCUT2D eigenvalue weighted by atomic mass is 9.85. The summed E-state index contributed by atoms with van der Waals surface area (Å²) in [6.07, 6.45) is -0.0191. The smallest absolute Gasteiger partial charge is 0.318 e. The summed E-state index contributed by atoms with van der Waals surface area (Å²) in [6, 6.07) is 7.14. The Balaban J connectivity index is 2.06. The number of likely N-dealkylation sites (N-methyl/N-ethyl adjacent to an activating group) is 1. The minimum absolute atomic E-state index is 0.0191. The fourth-order valence-electron chi connectivity index (χ4n) is 3.67. The van der Waals surface area contributed by atoms with E-state index in [1.807, 2.05) is 31.2 Å². The van der Waals surface area contributed by atoms with E-state index in [9.17, 15) is 14.4 Å². The first-order chi connectivity index (χ1) is 10.5. The van der Waals surface area contributed by atoms with Gasteiger partial charge in [0.1, 0.15) is 0 Å². The van der Waals surface area contributed by atoms with Crippen LogP contribution in [0.15, 0.2) is 24.3 Å². The molecule has 1 aromatic carbocycles. The maximum Gasteiger partial charge on any atom is 0.327 e. The number of fused-ring (bicyclic) bond motifs is 1. The maximum absolute atomic E-state index is 12.8. The highest BCUT2D eigenvalue weighted by Gasteiger charge is 2.56. The van der Waals surface area contributed by atoms with E-state index in [0.717, 1.165) is 16.6 Å². The number of carbonyl (C=O) groups is 3. The van der Waals surface area contributed by atoms with Gasteiger partial charge in [-0.2, -0.15) is 0 Å². The molecule has 0 saturated carbocycles. The molecule has 1 atom stereocenters. The van der Waals surface area contributed by atoms with Gasteiger partial charge in [-0.3, -0.25) is 19.1 Å². The summed E-state index contributed by atoms with van der Waals surface area (Å²) < 4.78 is 1.57. The zero-order chi connectivity index (χ0) is 15.6. The third kappa shape index (κ3) is 1.32. The van der Waals surface area contributed by atoms with Gasteiger partial charge in [0.25, 0.3) is 5.91 Å². The number of hydrogen-bond acceptors (Lipinski definition) is 3. The highest BCUT2D eigenvalue weighted by molar-refractivity contribution is 6.14. The van der Waals surface area contributed by atoms with Gasteiger partial charge in [0.15, 0.2) is 5.54 Å². The molecule has 22 heavy (non-hydrogen) atoms. The number of amides is 3. The van der Waals surface area contributed by atoms with Crippen LogP contribution in [0.2, 0.25) is 0 Å². The van der Waals surface area contributed by atoms with Crippen molar-refractivity contribution in [1.82, 2.24) is 14.8 Å². The van der Waals surface area contributed by atoms with Gasteiger partial charge in [0, 0.05) is 23.2 Å². The lowest BCUT2D eigenvalue weighted by molar-refractivity contribution is -0.139. The van der Waals surface area contributed by atoms with E-state index in [1.54, 1.807) is 11.5 Å². The quantitative estimate of drug-likeness (QED) is 0.811. The van der Waals surface area contributed by atoms with E-state index >= 15 is 0 Å². The molecule has 1 spiro atoms. The number of likely N-dealkylation sites (tertiary alicyclic amines) is 1. The molecular formula is C16H15N3O3. The molecule has 1 unspecified atom stereocenters. The maximum atomic E-state index is 12.8. The summed E-state index contributed by atoms with van der Waals surface area (Å²) >= 11 is 0. The van der Waals surface area contributed by atoms with Crippen LogP contribution in [-0.4, -0.2) is 33.9 Å². The third-order valence-corrected chi connectivity index (χ3v) is 4.64. The number of nitrogens with one attached hydrogen (secondary N) is 1. The first kappa shape index (κ1) is 13.1. The molecule has 6 nitrogen and oxygen atoms in total. The Morgan fingerprint density at radius 3 is 2.73 bits per heavy atom. The molecule has 1 saturated heterocycles. The summed E-state index contributed by atoms with van der Waals surface area (Å²) in [4.78, 5) is 38.7. The van der Waals surface area contributed by atoms with Crippen molar-refractivity contribution in [3.05, 3.63) is 35.5 Å². The third-order valence-electron chi connectivity index (χ3n) is 4.64. The van der Waals surface area contributed by atoms with Crippen LogP contribution in [-0.2, 0) is 15.1 Å². The van der Waals surface area contributed by atoms with E-state index in [0.29, 0.717) is 12.1 Å². The number of para-hydroxylation sites is 1. The standard InChI is InChI=1S/C16H15N3O3/c1-3-18-12(20)8-16(14(18)21)11-6-4-5-10-7-9(2)19(13(10)11)15(22)17-16/h4-7H,3,8H2,1-2H3,(H,17,22). The van der Waals surface area contributed by atoms with Crippen LogP contribution in [0.1, 0.15) is 24.6 Å². The van der Waals surface area contributed by atoms with E-state index in [1.165, 1.54) is 4.90 Å². The van der Waals surface area contributed by atoms with Gasteiger partial charge in [-0.15, -0.1) is 0 Å². The summed E-state index contributed by atoms with van der Waals surface area (Å²) in [5.41, 5.74) is 0.971. The molecule has 0 radical (unpaired) electrons. The lowest BCUT2D eigenvalue weighted by Gasteiger charge is -2.33. The van der Waals surface area contributed by atoms with Crippen molar-refractivity contribution < 1.29 is 14.4 Å². The van der Waals surface area contributed by atoms with Crippen LogP contribution in [0.4, 0.5) is 4.79 Å². The molecule has 1 N–H and O–H groups in total. The average Bonchev–Trinajstić information content (AvgIpc) is 2.92. The number of rotatable bonds is 1. The van der Waals surface area contributed by atoms with E-state index in [4.69, 9.17) is 0 Å². The van der Waals surface area contributed by atoms with Crippen molar-refractivity contribution in [2.75, 3.05) is 6.54 Å². The fraction of sp³-hybridized carbons (Fsp3) is 0.312. The molecule has 1 aromatic heterocycles. The van der Waals surface area contributed by atoms with Crippen LogP contribution in [0.25, 0.3) is 10.9 Å². The zero-order valence-electron chi connectivity index (χ0n) is 12.3. The molecular weight excluding hydrogens is 282 g/mol. The first-order valence-electron chi connectivity index (χ1n) is 7.28. The fourth-order valence-corrected chi connectivity index (χ4v) is 3.67. The average molecular weight is 297 g/mol. The Morgan fingerprint density at radius 2 is 2.05 bits per heavy atom. The number of imide groups is 1. The van der Waals surface area contributed by atoms with Gasteiger partial charge in [0.05, 0.1) is 11.9 Å². The second kappa shape index (κ2) is 3.97. The number of aryl methyl sites for hydroxylation is 1. The molecule has 3 heterocycles. The molecule has 1 fully saturated rings. The molecule has 2 aromatic rings. The number of benzene rings is 1. The molecule has 2 aliphatic heterocycles. The Kier molecular flexibility index (Phi) is 2.36. The van der Waals surface area contributed by atoms with Crippen LogP contribution < -0.4 is 5.32 Å². The number of nitrogens with zero attached hydrogens (tertiary/aromatic N) is 2. The Hall–Kier alpha value is -2.63. The Bertz CT molecular complexity index is 867. The minimum atomic E-state index is -1.26. The summed E-state index contributed by atoms with van der Waals surface area (Å²) in [5.74, 6) is -0.590. The van der Waals surface area contributed by atoms with Crippen LogP contribution in [0, 0.1) is 6.92 Å². The van der Waals surface area contributed by atoms with Crippen LogP contribution in [0.5, 0.6) is 0 Å². The molecule has 0 aliphatic carbocycles. The summed E-state index contributed by atoms with van der Waals surface area (Å²) in [7, 11) is 0. The van der Waals surface area contributed by atoms with Gasteiger partial charge in [0.2, 0.25) is 5.91 Å². The monoisotopic (exact) mass is 297 g/mol. The highest BCUT2D eigenvalue weighted by atomic mass is 16.2. The van der Waals surface area contributed by atoms with Gasteiger partial charge >= 0.3 is 6.03 Å². The van der Waals surface area contributed by atoms with Crippen molar-refractivity contribution in [1.29, 1.82) is 0 Å². The van der Waals surface area contributed by atoms with Crippen molar-refractivity contribution in [3.63, 3.8) is 0 Å². The SMILES string of the molecule is CCN1C(=O)CC2(NC(=O)n3c(C)cc4cccc2c43)C1=O. The number of carbonyl (C=O) groups excluding carboxylic acids is 3. The topological polar surface area (TPSA) is 71.4 Å². The van der Waals surface area contributed by atoms with E-state index < -0.39 is 5.54 Å². The summed E-state index contributed by atoms with van der Waals surface area (Å²) in [6.45, 7) is 3.92. The lowest BCUT2D eigenvalue weighted by Crippen LogP contribution is -2.55. The zero-order valence-corrected chi connectivity index (χ0v) is 12.3. The van der Waals surface area contributed by atoms with Gasteiger partial charge in [-0.05, 0) is 19.9 Å². The van der Waals surface area contributed by atoms with Crippen LogP contribution >= 0.6 is 0 Å². The Labute approximate surface area is 126 Å². The molecule has 2 aliphatic rings. The van der Waals surface area contributed by atoms with E-state index in [2.05, 4.69) is 5.32 Å². The minimum Gasteiger partial charge on any atom is -0.318 e. The highest BCUT2D eigenvalue weighted by Crippen LogP contribution is 2.41. The van der Waals surface area contributed by atoms with Crippen molar-refractivity contribution in [3.8, 4) is 0 Å². The second-order valence-corrected chi connectivity index (χ2v) is 5.82. The number of aromatic nitrogens is 1. The largest absolute Gasteiger partial charge is 0.327 e. The number of hydrogen-bond donors (Lipinski definition) is 1. The second-order valence-electron chi connectivity index (χ2n) is 5.82.